The van der Waals surface area contributed by atoms with Crippen molar-refractivity contribution in [2.45, 2.75) is 71.6 Å². The van der Waals surface area contributed by atoms with Crippen molar-refractivity contribution in [2.24, 2.45) is 10.9 Å². The highest BCUT2D eigenvalue weighted by molar-refractivity contribution is 7.88. The van der Waals surface area contributed by atoms with E-state index in [1.165, 1.54) is 57.6 Å². The Balaban J connectivity index is 2.19. The van der Waals surface area contributed by atoms with Crippen LogP contribution in [0.1, 0.15) is 71.6 Å². The van der Waals surface area contributed by atoms with Crippen molar-refractivity contribution in [1.29, 1.82) is 0 Å². The summed E-state index contributed by atoms with van der Waals surface area (Å²) in [6, 6.07) is 0. The van der Waals surface area contributed by atoms with Crippen molar-refractivity contribution >= 4 is 16.0 Å². The Bertz CT molecular complexity index is 494. The van der Waals surface area contributed by atoms with Gasteiger partial charge < -0.3 is 10.6 Å². The van der Waals surface area contributed by atoms with Gasteiger partial charge in [-0.3, -0.25) is 4.99 Å². The first kappa shape index (κ1) is 23.2. The van der Waals surface area contributed by atoms with Crippen LogP contribution in [-0.4, -0.2) is 57.7 Å². The summed E-state index contributed by atoms with van der Waals surface area (Å²) < 4.78 is 24.7. The Morgan fingerprint density at radius 1 is 1.04 bits per heavy atom. The molecule has 1 rings (SSSR count). The number of aliphatic imine (C=N–C) groups is 1. The second-order valence-corrected chi connectivity index (χ2v) is 9.38. The Labute approximate surface area is 161 Å². The number of unbranched alkanes of at least 4 members (excludes halogenated alkanes) is 7. The second-order valence-electron chi connectivity index (χ2n) is 7.40. The molecule has 1 unspecified atom stereocenters. The zero-order chi connectivity index (χ0) is 19.3. The van der Waals surface area contributed by atoms with Gasteiger partial charge in [0.25, 0.3) is 0 Å². The van der Waals surface area contributed by atoms with Crippen LogP contribution in [0.2, 0.25) is 0 Å². The molecular weight excluding hydrogens is 348 g/mol. The van der Waals surface area contributed by atoms with Crippen molar-refractivity contribution in [2.75, 3.05) is 39.0 Å². The normalized spacial score (nSPS) is 19.0. The minimum absolute atomic E-state index is 0.323. The van der Waals surface area contributed by atoms with Gasteiger partial charge in [-0.1, -0.05) is 51.9 Å². The van der Waals surface area contributed by atoms with Crippen molar-refractivity contribution in [3.05, 3.63) is 0 Å². The summed E-state index contributed by atoms with van der Waals surface area (Å²) in [5.74, 6) is 1.18. The molecule has 0 aromatic carbocycles. The standard InChI is InChI=1S/C19H40N4O2S/c1-4-6-7-8-9-10-11-12-14-21-19(20-5-2)22-16-18-13-15-23(17-18)26(3,24)25/h18H,4-17H2,1-3H3,(H2,20,21,22). The van der Waals surface area contributed by atoms with E-state index in [0.29, 0.717) is 25.6 Å². The molecule has 0 aromatic rings. The van der Waals surface area contributed by atoms with E-state index in [1.54, 1.807) is 4.31 Å². The smallest absolute Gasteiger partial charge is 0.211 e. The van der Waals surface area contributed by atoms with E-state index in [-0.39, 0.29) is 0 Å². The highest BCUT2D eigenvalue weighted by atomic mass is 32.2. The third-order valence-corrected chi connectivity index (χ3v) is 6.16. The predicted molar refractivity (Wildman–Crippen MR) is 111 cm³/mol. The van der Waals surface area contributed by atoms with Gasteiger partial charge in [0.05, 0.1) is 6.26 Å². The SMILES string of the molecule is CCCCCCCCCCNC(=NCC1CCN(S(C)(=O)=O)C1)NCC. The molecule has 0 spiro atoms. The Hall–Kier alpha value is -0.820. The van der Waals surface area contributed by atoms with Gasteiger partial charge >= 0.3 is 0 Å². The summed E-state index contributed by atoms with van der Waals surface area (Å²) in [5, 5.41) is 6.68. The van der Waals surface area contributed by atoms with E-state index in [4.69, 9.17) is 0 Å². The largest absolute Gasteiger partial charge is 0.357 e. The van der Waals surface area contributed by atoms with Gasteiger partial charge in [-0.05, 0) is 25.7 Å². The van der Waals surface area contributed by atoms with Crippen LogP contribution in [0, 0.1) is 5.92 Å². The molecule has 0 aliphatic carbocycles. The first-order valence-electron chi connectivity index (χ1n) is 10.4. The topological polar surface area (TPSA) is 73.8 Å². The monoisotopic (exact) mass is 388 g/mol. The van der Waals surface area contributed by atoms with Crippen LogP contribution in [0.3, 0.4) is 0 Å². The summed E-state index contributed by atoms with van der Waals surface area (Å²) in [5.41, 5.74) is 0. The fourth-order valence-electron chi connectivity index (χ4n) is 3.28. The van der Waals surface area contributed by atoms with Gasteiger partial charge in [0, 0.05) is 32.7 Å². The molecule has 0 aromatic heterocycles. The maximum atomic E-state index is 11.6. The number of hydrogen-bond donors (Lipinski definition) is 2. The average Bonchev–Trinajstić information content (AvgIpc) is 3.07. The summed E-state index contributed by atoms with van der Waals surface area (Å²) in [7, 11) is -3.06. The molecule has 0 saturated carbocycles. The van der Waals surface area contributed by atoms with Gasteiger partial charge in [-0.15, -0.1) is 0 Å². The van der Waals surface area contributed by atoms with E-state index >= 15 is 0 Å². The molecule has 1 aliphatic heterocycles. The lowest BCUT2D eigenvalue weighted by atomic mass is 10.1. The van der Waals surface area contributed by atoms with Crippen LogP contribution in [-0.2, 0) is 10.0 Å². The van der Waals surface area contributed by atoms with Crippen LogP contribution in [0.5, 0.6) is 0 Å². The zero-order valence-corrected chi connectivity index (χ0v) is 17.9. The number of hydrogen-bond acceptors (Lipinski definition) is 3. The highest BCUT2D eigenvalue weighted by Gasteiger charge is 2.28. The van der Waals surface area contributed by atoms with Gasteiger partial charge in [0.15, 0.2) is 5.96 Å². The molecule has 2 N–H and O–H groups in total. The summed E-state index contributed by atoms with van der Waals surface area (Å²) >= 11 is 0. The van der Waals surface area contributed by atoms with Crippen molar-refractivity contribution < 1.29 is 8.42 Å². The van der Waals surface area contributed by atoms with Crippen LogP contribution in [0.25, 0.3) is 0 Å². The van der Waals surface area contributed by atoms with Gasteiger partial charge in [-0.2, -0.15) is 0 Å². The zero-order valence-electron chi connectivity index (χ0n) is 17.1. The van der Waals surface area contributed by atoms with Crippen molar-refractivity contribution in [3.63, 3.8) is 0 Å². The lowest BCUT2D eigenvalue weighted by Crippen LogP contribution is -2.38. The molecule has 1 heterocycles. The van der Waals surface area contributed by atoms with E-state index in [2.05, 4.69) is 29.5 Å². The van der Waals surface area contributed by atoms with Gasteiger partial charge in [-0.25, -0.2) is 12.7 Å². The van der Waals surface area contributed by atoms with Gasteiger partial charge in [0.1, 0.15) is 0 Å². The number of guanidine groups is 1. The molecule has 1 fully saturated rings. The molecule has 0 amide bonds. The number of nitrogens with zero attached hydrogens (tertiary/aromatic N) is 2. The van der Waals surface area contributed by atoms with Crippen LogP contribution in [0.15, 0.2) is 4.99 Å². The Kier molecular flexibility index (Phi) is 11.9. The lowest BCUT2D eigenvalue weighted by Gasteiger charge is -2.14. The number of rotatable bonds is 13. The first-order chi connectivity index (χ1) is 12.5. The third kappa shape index (κ3) is 10.4. The van der Waals surface area contributed by atoms with Crippen molar-refractivity contribution in [3.8, 4) is 0 Å². The van der Waals surface area contributed by atoms with E-state index in [1.807, 2.05) is 0 Å². The predicted octanol–water partition coefficient (Wildman–Crippen LogP) is 2.96. The van der Waals surface area contributed by atoms with Crippen LogP contribution >= 0.6 is 0 Å². The summed E-state index contributed by atoms with van der Waals surface area (Å²) in [4.78, 5) is 4.65. The van der Waals surface area contributed by atoms with Gasteiger partial charge in [0.2, 0.25) is 10.0 Å². The lowest BCUT2D eigenvalue weighted by molar-refractivity contribution is 0.464. The number of nitrogens with one attached hydrogen (secondary N) is 2. The van der Waals surface area contributed by atoms with Crippen LogP contribution < -0.4 is 10.6 Å². The molecule has 0 bridgehead atoms. The van der Waals surface area contributed by atoms with E-state index in [0.717, 1.165) is 25.5 Å². The molecular formula is C19H40N4O2S. The summed E-state index contributed by atoms with van der Waals surface area (Å²) in [6.07, 6.45) is 12.7. The molecule has 1 saturated heterocycles. The molecule has 154 valence electrons. The third-order valence-electron chi connectivity index (χ3n) is 4.89. The average molecular weight is 389 g/mol. The highest BCUT2D eigenvalue weighted by Crippen LogP contribution is 2.18. The second kappa shape index (κ2) is 13.4. The quantitative estimate of drug-likeness (QED) is 0.289. The molecule has 26 heavy (non-hydrogen) atoms. The Morgan fingerprint density at radius 2 is 1.69 bits per heavy atom. The first-order valence-corrected chi connectivity index (χ1v) is 12.3. The number of sulfonamides is 1. The van der Waals surface area contributed by atoms with Crippen molar-refractivity contribution in [1.82, 2.24) is 14.9 Å². The minimum atomic E-state index is -3.06. The van der Waals surface area contributed by atoms with E-state index in [9.17, 15) is 8.42 Å². The molecule has 1 atom stereocenters. The van der Waals surface area contributed by atoms with Crippen LogP contribution in [0.4, 0.5) is 0 Å². The fraction of sp³-hybridized carbons (Fsp3) is 0.947. The molecule has 0 radical (unpaired) electrons. The minimum Gasteiger partial charge on any atom is -0.357 e. The maximum absolute atomic E-state index is 11.6. The summed E-state index contributed by atoms with van der Waals surface area (Å²) in [6.45, 7) is 8.00. The molecule has 6 nitrogen and oxygen atoms in total. The molecule has 1 aliphatic rings. The maximum Gasteiger partial charge on any atom is 0.211 e. The van der Waals surface area contributed by atoms with E-state index < -0.39 is 10.0 Å². The molecule has 7 heteroatoms. The Morgan fingerprint density at radius 3 is 2.27 bits per heavy atom. The fourth-order valence-corrected chi connectivity index (χ4v) is 4.19.